The Morgan fingerprint density at radius 2 is 2.18 bits per heavy atom. The zero-order valence-corrected chi connectivity index (χ0v) is 11.1. The van der Waals surface area contributed by atoms with Crippen molar-refractivity contribution in [1.29, 1.82) is 0 Å². The highest BCUT2D eigenvalue weighted by molar-refractivity contribution is 7.15. The highest BCUT2D eigenvalue weighted by atomic mass is 32.1. The lowest BCUT2D eigenvalue weighted by Crippen LogP contribution is -1.92. The largest absolute Gasteiger partial charge is 0.496 e. The molecule has 4 heteroatoms. The zero-order chi connectivity index (χ0) is 12.4. The van der Waals surface area contributed by atoms with Crippen LogP contribution in [0.15, 0.2) is 18.2 Å². The highest BCUT2D eigenvalue weighted by Crippen LogP contribution is 2.38. The Labute approximate surface area is 105 Å². The number of nitrogen functional groups attached to an aromatic ring is 1. The van der Waals surface area contributed by atoms with Crippen LogP contribution >= 0.6 is 11.3 Å². The first kappa shape index (κ1) is 11.9. The number of anilines is 1. The summed E-state index contributed by atoms with van der Waals surface area (Å²) in [5.41, 5.74) is 8.24. The molecule has 90 valence electrons. The number of nitrogens with zero attached hydrogens (tertiary/aromatic N) is 1. The van der Waals surface area contributed by atoms with Crippen molar-refractivity contribution >= 4 is 17.2 Å². The number of rotatable bonds is 3. The fourth-order valence-corrected chi connectivity index (χ4v) is 2.65. The Bertz CT molecular complexity index is 534. The van der Waals surface area contributed by atoms with Gasteiger partial charge in [-0.3, -0.25) is 0 Å². The number of methoxy groups -OCH3 is 1. The summed E-state index contributed by atoms with van der Waals surface area (Å²) >= 11 is 1.60. The van der Waals surface area contributed by atoms with Crippen LogP contribution in [0.25, 0.3) is 10.4 Å². The lowest BCUT2D eigenvalue weighted by Gasteiger charge is -2.09. The minimum Gasteiger partial charge on any atom is -0.496 e. The van der Waals surface area contributed by atoms with E-state index in [2.05, 4.69) is 24.0 Å². The molecule has 2 N–H and O–H groups in total. The summed E-state index contributed by atoms with van der Waals surface area (Å²) in [6.07, 6.45) is 0.995. The molecule has 1 aromatic carbocycles. The van der Waals surface area contributed by atoms with Crippen molar-refractivity contribution in [3.8, 4) is 16.2 Å². The molecule has 1 aromatic heterocycles. The van der Waals surface area contributed by atoms with Gasteiger partial charge in [-0.05, 0) is 31.0 Å². The number of nitrogens with two attached hydrogens (primary N) is 1. The molecule has 0 radical (unpaired) electrons. The van der Waals surface area contributed by atoms with Gasteiger partial charge in [0.1, 0.15) is 11.6 Å². The number of benzene rings is 1. The van der Waals surface area contributed by atoms with Crippen molar-refractivity contribution in [2.24, 2.45) is 0 Å². The summed E-state index contributed by atoms with van der Waals surface area (Å²) in [5.74, 6) is 1.43. The van der Waals surface area contributed by atoms with E-state index in [1.165, 1.54) is 5.56 Å². The first-order valence-electron chi connectivity index (χ1n) is 5.56. The van der Waals surface area contributed by atoms with E-state index in [-0.39, 0.29) is 0 Å². The van der Waals surface area contributed by atoms with Gasteiger partial charge >= 0.3 is 0 Å². The third kappa shape index (κ3) is 2.26. The molecule has 0 atom stereocenters. The Morgan fingerprint density at radius 1 is 1.41 bits per heavy atom. The van der Waals surface area contributed by atoms with Crippen molar-refractivity contribution in [2.45, 2.75) is 20.3 Å². The average Bonchev–Trinajstić information content (AvgIpc) is 2.67. The molecule has 0 bridgehead atoms. The number of aromatic nitrogens is 1. The van der Waals surface area contributed by atoms with E-state index < -0.39 is 0 Å². The van der Waals surface area contributed by atoms with Crippen LogP contribution in [0, 0.1) is 6.92 Å². The topological polar surface area (TPSA) is 48.1 Å². The van der Waals surface area contributed by atoms with Crippen LogP contribution in [0.1, 0.15) is 17.5 Å². The Balaban J connectivity index is 2.59. The highest BCUT2D eigenvalue weighted by Gasteiger charge is 2.13. The smallest absolute Gasteiger partial charge is 0.142 e. The third-order valence-electron chi connectivity index (χ3n) is 2.68. The predicted molar refractivity (Wildman–Crippen MR) is 72.6 cm³/mol. The van der Waals surface area contributed by atoms with Crippen LogP contribution < -0.4 is 10.5 Å². The lowest BCUT2D eigenvalue weighted by atomic mass is 10.1. The van der Waals surface area contributed by atoms with Crippen LogP contribution in [0.3, 0.4) is 0 Å². The van der Waals surface area contributed by atoms with E-state index in [1.54, 1.807) is 18.4 Å². The van der Waals surface area contributed by atoms with Crippen LogP contribution in [0.2, 0.25) is 0 Å². The normalized spacial score (nSPS) is 10.5. The van der Waals surface area contributed by atoms with Crippen LogP contribution in [0.5, 0.6) is 5.75 Å². The van der Waals surface area contributed by atoms with Gasteiger partial charge in [0.05, 0.1) is 17.0 Å². The Hall–Kier alpha value is -1.55. The van der Waals surface area contributed by atoms with Crippen LogP contribution in [0.4, 0.5) is 5.82 Å². The molecule has 17 heavy (non-hydrogen) atoms. The Kier molecular flexibility index (Phi) is 3.33. The molecule has 2 aromatic rings. The first-order chi connectivity index (χ1) is 8.15. The summed E-state index contributed by atoms with van der Waals surface area (Å²) in [6, 6.07) is 6.19. The second-order valence-electron chi connectivity index (χ2n) is 3.84. The van der Waals surface area contributed by atoms with Gasteiger partial charge in [0, 0.05) is 5.56 Å². The summed E-state index contributed by atoms with van der Waals surface area (Å²) < 4.78 is 5.39. The maximum Gasteiger partial charge on any atom is 0.142 e. The minimum atomic E-state index is 0.582. The first-order valence-corrected chi connectivity index (χ1v) is 6.37. The van der Waals surface area contributed by atoms with E-state index >= 15 is 0 Å². The van der Waals surface area contributed by atoms with Gasteiger partial charge in [-0.25, -0.2) is 4.98 Å². The quantitative estimate of drug-likeness (QED) is 0.906. The molecule has 0 amide bonds. The standard InChI is InChI=1S/C13H16N2OS/c1-4-9-5-6-11(16-3)10(7-9)12-13(14)15-8(2)17-12/h5-7H,4,14H2,1-3H3. The number of ether oxygens (including phenoxy) is 1. The van der Waals surface area contributed by atoms with Crippen molar-refractivity contribution in [1.82, 2.24) is 4.98 Å². The van der Waals surface area contributed by atoms with Crippen molar-refractivity contribution in [3.05, 3.63) is 28.8 Å². The summed E-state index contributed by atoms with van der Waals surface area (Å²) in [7, 11) is 1.68. The molecule has 0 aliphatic carbocycles. The van der Waals surface area contributed by atoms with Crippen LogP contribution in [-0.4, -0.2) is 12.1 Å². The maximum absolute atomic E-state index is 5.93. The molecule has 0 fully saturated rings. The lowest BCUT2D eigenvalue weighted by molar-refractivity contribution is 0.416. The fraction of sp³-hybridized carbons (Fsp3) is 0.308. The van der Waals surface area contributed by atoms with Crippen molar-refractivity contribution in [2.75, 3.05) is 12.8 Å². The van der Waals surface area contributed by atoms with E-state index in [0.717, 1.165) is 27.6 Å². The van der Waals surface area contributed by atoms with Gasteiger partial charge in [0.25, 0.3) is 0 Å². The van der Waals surface area contributed by atoms with Crippen molar-refractivity contribution in [3.63, 3.8) is 0 Å². The monoisotopic (exact) mass is 248 g/mol. The van der Waals surface area contributed by atoms with E-state index in [4.69, 9.17) is 10.5 Å². The SMILES string of the molecule is CCc1ccc(OC)c(-c2sc(C)nc2N)c1. The van der Waals surface area contributed by atoms with Crippen LogP contribution in [-0.2, 0) is 6.42 Å². The molecular formula is C13H16N2OS. The van der Waals surface area contributed by atoms with E-state index in [1.807, 2.05) is 13.0 Å². The molecule has 0 spiro atoms. The van der Waals surface area contributed by atoms with E-state index in [0.29, 0.717) is 5.82 Å². The predicted octanol–water partition coefficient (Wildman–Crippen LogP) is 3.27. The van der Waals surface area contributed by atoms with Gasteiger partial charge in [0.2, 0.25) is 0 Å². The Morgan fingerprint density at radius 3 is 2.71 bits per heavy atom. The molecule has 0 saturated heterocycles. The number of aryl methyl sites for hydroxylation is 2. The van der Waals surface area contributed by atoms with Gasteiger partial charge in [-0.1, -0.05) is 13.0 Å². The molecule has 0 saturated carbocycles. The molecule has 0 aliphatic rings. The molecule has 1 heterocycles. The van der Waals surface area contributed by atoms with Gasteiger partial charge < -0.3 is 10.5 Å². The summed E-state index contributed by atoms with van der Waals surface area (Å²) in [5, 5.41) is 0.974. The van der Waals surface area contributed by atoms with Gasteiger partial charge in [0.15, 0.2) is 0 Å². The van der Waals surface area contributed by atoms with Crippen molar-refractivity contribution < 1.29 is 4.74 Å². The second-order valence-corrected chi connectivity index (χ2v) is 5.04. The molecular weight excluding hydrogens is 232 g/mol. The van der Waals surface area contributed by atoms with E-state index in [9.17, 15) is 0 Å². The number of hydrogen-bond donors (Lipinski definition) is 1. The van der Waals surface area contributed by atoms with Gasteiger partial charge in [-0.2, -0.15) is 0 Å². The minimum absolute atomic E-state index is 0.582. The maximum atomic E-state index is 5.93. The molecule has 0 unspecified atom stereocenters. The van der Waals surface area contributed by atoms with Gasteiger partial charge in [-0.15, -0.1) is 11.3 Å². The number of thiazole rings is 1. The number of hydrogen-bond acceptors (Lipinski definition) is 4. The summed E-state index contributed by atoms with van der Waals surface area (Å²) in [6.45, 7) is 4.09. The molecule has 3 nitrogen and oxygen atoms in total. The fourth-order valence-electron chi connectivity index (χ4n) is 1.79. The third-order valence-corrected chi connectivity index (χ3v) is 3.70. The average molecular weight is 248 g/mol. The second kappa shape index (κ2) is 4.75. The zero-order valence-electron chi connectivity index (χ0n) is 10.3. The molecule has 2 rings (SSSR count). The summed E-state index contributed by atoms with van der Waals surface area (Å²) in [4.78, 5) is 5.25. The molecule has 0 aliphatic heterocycles.